The number of amides is 1. The van der Waals surface area contributed by atoms with E-state index in [-0.39, 0.29) is 11.9 Å². The molecule has 148 valence electrons. The molecular weight excluding hydrogens is 446 g/mol. The van der Waals surface area contributed by atoms with E-state index < -0.39 is 0 Å². The molecule has 1 amide bonds. The van der Waals surface area contributed by atoms with Gasteiger partial charge in [0.05, 0.1) is 17.1 Å². The monoisotopic (exact) mass is 461 g/mol. The molecule has 2 aromatic carbocycles. The molecule has 0 radical (unpaired) electrons. The van der Waals surface area contributed by atoms with Gasteiger partial charge >= 0.3 is 0 Å². The van der Waals surface area contributed by atoms with Crippen molar-refractivity contribution in [3.63, 3.8) is 0 Å². The third-order valence-corrected chi connectivity index (χ3v) is 5.75. The highest BCUT2D eigenvalue weighted by Gasteiger charge is 2.24. The first-order valence-electron chi connectivity index (χ1n) is 9.54. The molecule has 1 fully saturated rings. The zero-order chi connectivity index (χ0) is 20.7. The lowest BCUT2D eigenvalue weighted by atomic mass is 10.1. The Hall–Kier alpha value is -3.51. The van der Waals surface area contributed by atoms with Crippen molar-refractivity contribution in [2.24, 2.45) is 0 Å². The van der Waals surface area contributed by atoms with Crippen molar-refractivity contribution < 1.29 is 4.79 Å². The zero-order valence-electron chi connectivity index (χ0n) is 15.8. The van der Waals surface area contributed by atoms with Gasteiger partial charge in [-0.1, -0.05) is 6.07 Å². The van der Waals surface area contributed by atoms with E-state index in [1.54, 1.807) is 16.6 Å². The van der Waals surface area contributed by atoms with Crippen LogP contribution >= 0.6 is 15.9 Å². The van der Waals surface area contributed by atoms with Gasteiger partial charge in [0.2, 0.25) is 11.9 Å². The molecule has 4 aromatic rings. The SMILES string of the molecule is N#Cc1ccc(-c2nc3c4cccc(Br)c4nc(N[C@@H]4CCCNC4=O)n3n2)cc1. The molecule has 8 nitrogen and oxygen atoms in total. The predicted molar refractivity (Wildman–Crippen MR) is 116 cm³/mol. The van der Waals surface area contributed by atoms with Crippen molar-refractivity contribution in [1.29, 1.82) is 5.26 Å². The van der Waals surface area contributed by atoms with Crippen LogP contribution in [0, 0.1) is 11.3 Å². The number of aromatic nitrogens is 4. The van der Waals surface area contributed by atoms with Crippen LogP contribution in [0.1, 0.15) is 18.4 Å². The quantitative estimate of drug-likeness (QED) is 0.484. The van der Waals surface area contributed by atoms with Gasteiger partial charge in [-0.15, -0.1) is 5.10 Å². The van der Waals surface area contributed by atoms with Crippen LogP contribution < -0.4 is 10.6 Å². The summed E-state index contributed by atoms with van der Waals surface area (Å²) >= 11 is 3.56. The van der Waals surface area contributed by atoms with Gasteiger partial charge < -0.3 is 10.6 Å². The van der Waals surface area contributed by atoms with Crippen LogP contribution in [0.4, 0.5) is 5.95 Å². The van der Waals surface area contributed by atoms with E-state index in [2.05, 4.69) is 37.7 Å². The average molecular weight is 462 g/mol. The summed E-state index contributed by atoms with van der Waals surface area (Å²) in [6, 6.07) is 14.6. The van der Waals surface area contributed by atoms with Crippen LogP contribution in [0.5, 0.6) is 0 Å². The summed E-state index contributed by atoms with van der Waals surface area (Å²) in [5.41, 5.74) is 2.74. The molecular formula is C21H16BrN7O. The number of para-hydroxylation sites is 1. The Labute approximate surface area is 180 Å². The van der Waals surface area contributed by atoms with Gasteiger partial charge in [-0.3, -0.25) is 4.79 Å². The minimum Gasteiger partial charge on any atom is -0.354 e. The molecule has 2 aromatic heterocycles. The first-order valence-corrected chi connectivity index (χ1v) is 10.3. The zero-order valence-corrected chi connectivity index (χ0v) is 17.3. The Bertz CT molecular complexity index is 1320. The molecule has 0 unspecified atom stereocenters. The van der Waals surface area contributed by atoms with Gasteiger partial charge in [0, 0.05) is 22.0 Å². The summed E-state index contributed by atoms with van der Waals surface area (Å²) in [6.45, 7) is 0.690. The molecule has 0 bridgehead atoms. The number of nitrogens with one attached hydrogen (secondary N) is 2. The molecule has 1 atom stereocenters. The van der Waals surface area contributed by atoms with Crippen LogP contribution in [0.25, 0.3) is 27.9 Å². The summed E-state index contributed by atoms with van der Waals surface area (Å²) in [7, 11) is 0. The molecule has 0 spiro atoms. The summed E-state index contributed by atoms with van der Waals surface area (Å²) in [5.74, 6) is 0.930. The number of fused-ring (bicyclic) bond motifs is 3. The third kappa shape index (κ3) is 3.15. The van der Waals surface area contributed by atoms with Gasteiger partial charge in [0.25, 0.3) is 0 Å². The number of carbonyl (C=O) groups excluding carboxylic acids is 1. The number of halogens is 1. The summed E-state index contributed by atoms with van der Waals surface area (Å²) < 4.78 is 2.48. The smallest absolute Gasteiger partial charge is 0.242 e. The van der Waals surface area contributed by atoms with Crippen LogP contribution in [-0.4, -0.2) is 38.1 Å². The summed E-state index contributed by atoms with van der Waals surface area (Å²) in [6.07, 6.45) is 1.62. The molecule has 3 heterocycles. The fourth-order valence-corrected chi connectivity index (χ4v) is 4.03. The molecule has 0 saturated carbocycles. The number of carbonyl (C=O) groups is 1. The number of piperidine rings is 1. The van der Waals surface area contributed by atoms with Crippen LogP contribution in [-0.2, 0) is 4.79 Å². The van der Waals surface area contributed by atoms with E-state index in [1.165, 1.54) is 0 Å². The summed E-state index contributed by atoms with van der Waals surface area (Å²) in [5, 5.41) is 20.7. The number of nitriles is 1. The number of hydrogen-bond acceptors (Lipinski definition) is 6. The van der Waals surface area contributed by atoms with Gasteiger partial charge in [-0.2, -0.15) is 9.78 Å². The highest BCUT2D eigenvalue weighted by molar-refractivity contribution is 9.10. The fraction of sp³-hybridized carbons (Fsp3) is 0.190. The van der Waals surface area contributed by atoms with Crippen LogP contribution in [0.15, 0.2) is 46.9 Å². The Morgan fingerprint density at radius 1 is 1.20 bits per heavy atom. The van der Waals surface area contributed by atoms with Gasteiger partial charge in [0.15, 0.2) is 11.5 Å². The molecule has 30 heavy (non-hydrogen) atoms. The third-order valence-electron chi connectivity index (χ3n) is 5.11. The Morgan fingerprint density at radius 3 is 2.80 bits per heavy atom. The first kappa shape index (κ1) is 18.5. The van der Waals surface area contributed by atoms with E-state index in [9.17, 15) is 4.79 Å². The van der Waals surface area contributed by atoms with E-state index in [0.717, 1.165) is 33.8 Å². The Balaban J connectivity index is 1.69. The minimum absolute atomic E-state index is 0.0455. The molecule has 1 aliphatic rings. The van der Waals surface area contributed by atoms with Crippen LogP contribution in [0.2, 0.25) is 0 Å². The molecule has 1 aliphatic heterocycles. The Kier molecular flexibility index (Phi) is 4.56. The number of nitrogens with zero attached hydrogens (tertiary/aromatic N) is 5. The maximum atomic E-state index is 12.3. The number of hydrogen-bond donors (Lipinski definition) is 2. The molecule has 1 saturated heterocycles. The van der Waals surface area contributed by atoms with Crippen LogP contribution in [0.3, 0.4) is 0 Å². The largest absolute Gasteiger partial charge is 0.354 e. The maximum Gasteiger partial charge on any atom is 0.242 e. The van der Waals surface area contributed by atoms with Gasteiger partial charge in [-0.05, 0) is 65.2 Å². The minimum atomic E-state index is -0.378. The van der Waals surface area contributed by atoms with E-state index in [1.807, 2.05) is 30.3 Å². The molecule has 9 heteroatoms. The van der Waals surface area contributed by atoms with Crippen molar-refractivity contribution in [3.8, 4) is 17.5 Å². The number of benzene rings is 2. The van der Waals surface area contributed by atoms with Crippen molar-refractivity contribution in [1.82, 2.24) is 24.9 Å². The second kappa shape index (κ2) is 7.39. The van der Waals surface area contributed by atoms with Crippen molar-refractivity contribution >= 4 is 44.3 Å². The lowest BCUT2D eigenvalue weighted by Gasteiger charge is -2.23. The highest BCUT2D eigenvalue weighted by atomic mass is 79.9. The van der Waals surface area contributed by atoms with Crippen molar-refractivity contribution in [3.05, 3.63) is 52.5 Å². The Morgan fingerprint density at radius 2 is 2.03 bits per heavy atom. The number of rotatable bonds is 3. The van der Waals surface area contributed by atoms with Crippen molar-refractivity contribution in [2.45, 2.75) is 18.9 Å². The van der Waals surface area contributed by atoms with Gasteiger partial charge in [-0.25, -0.2) is 9.97 Å². The first-order chi connectivity index (χ1) is 14.6. The summed E-state index contributed by atoms with van der Waals surface area (Å²) in [4.78, 5) is 21.8. The topological polar surface area (TPSA) is 108 Å². The van der Waals surface area contributed by atoms with Crippen molar-refractivity contribution in [2.75, 3.05) is 11.9 Å². The maximum absolute atomic E-state index is 12.3. The average Bonchev–Trinajstić information content (AvgIpc) is 3.22. The number of anilines is 1. The molecule has 0 aliphatic carbocycles. The normalized spacial score (nSPS) is 16.4. The lowest BCUT2D eigenvalue weighted by Crippen LogP contribution is -2.44. The van der Waals surface area contributed by atoms with E-state index in [4.69, 9.17) is 15.2 Å². The standard InChI is InChI=1S/C21H16BrN7O/c22-15-4-1-3-14-17(15)26-21(25-16-5-2-10-24-20(16)30)29-19(14)27-18(28-29)13-8-6-12(11-23)7-9-13/h1,3-4,6-9,16H,2,5,10H2,(H,24,30)(H,25,26)/t16-/m1/s1. The van der Waals surface area contributed by atoms with E-state index >= 15 is 0 Å². The predicted octanol–water partition coefficient (Wildman–Crippen LogP) is 3.27. The fourth-order valence-electron chi connectivity index (χ4n) is 3.57. The van der Waals surface area contributed by atoms with Gasteiger partial charge in [0.1, 0.15) is 6.04 Å². The van der Waals surface area contributed by atoms with E-state index in [0.29, 0.717) is 29.5 Å². The molecule has 2 N–H and O–H groups in total. The highest BCUT2D eigenvalue weighted by Crippen LogP contribution is 2.29. The lowest BCUT2D eigenvalue weighted by molar-refractivity contribution is -0.123. The second-order valence-corrected chi connectivity index (χ2v) is 7.92. The molecule has 5 rings (SSSR count). The second-order valence-electron chi connectivity index (χ2n) is 7.06.